The molecule has 0 spiro atoms. The Hall–Kier alpha value is -1.79. The van der Waals surface area contributed by atoms with E-state index >= 15 is 0 Å². The summed E-state index contributed by atoms with van der Waals surface area (Å²) in [6.45, 7) is -0.0581. The maximum Gasteiger partial charge on any atom is 0.389 e. The molecule has 0 unspecified atom stereocenters. The van der Waals surface area contributed by atoms with Crippen molar-refractivity contribution in [2.75, 3.05) is 6.54 Å². The number of hydrogen-bond donors (Lipinski definition) is 2. The molecule has 0 aliphatic rings. The van der Waals surface area contributed by atoms with Gasteiger partial charge in [0.05, 0.1) is 5.56 Å². The van der Waals surface area contributed by atoms with Gasteiger partial charge in [-0.3, -0.25) is 9.59 Å². The van der Waals surface area contributed by atoms with Gasteiger partial charge in [0.1, 0.15) is 0 Å². The van der Waals surface area contributed by atoms with Crippen LogP contribution < -0.4 is 10.9 Å². The predicted molar refractivity (Wildman–Crippen MR) is 54.7 cm³/mol. The van der Waals surface area contributed by atoms with E-state index in [9.17, 15) is 22.8 Å². The van der Waals surface area contributed by atoms with Crippen LogP contribution in [0.15, 0.2) is 23.1 Å². The number of hydrogen-bond acceptors (Lipinski definition) is 2. The number of pyridine rings is 1. The maximum absolute atomic E-state index is 11.8. The largest absolute Gasteiger partial charge is 0.389 e. The summed E-state index contributed by atoms with van der Waals surface area (Å²) in [5.74, 6) is -0.511. The lowest BCUT2D eigenvalue weighted by atomic mass is 10.2. The van der Waals surface area contributed by atoms with Gasteiger partial charge in [0, 0.05) is 25.2 Å². The molecule has 1 aromatic rings. The zero-order chi connectivity index (χ0) is 12.9. The van der Waals surface area contributed by atoms with Crippen LogP contribution in [-0.2, 0) is 0 Å². The van der Waals surface area contributed by atoms with E-state index in [4.69, 9.17) is 0 Å². The lowest BCUT2D eigenvalue weighted by Crippen LogP contribution is -2.26. The first-order chi connectivity index (χ1) is 7.88. The molecule has 0 aromatic carbocycles. The van der Waals surface area contributed by atoms with E-state index in [1.54, 1.807) is 0 Å². The van der Waals surface area contributed by atoms with E-state index in [1.165, 1.54) is 18.3 Å². The number of amides is 1. The van der Waals surface area contributed by atoms with Crippen LogP contribution in [0.5, 0.6) is 0 Å². The third-order valence-corrected chi connectivity index (χ3v) is 1.97. The van der Waals surface area contributed by atoms with Gasteiger partial charge in [-0.05, 0) is 12.5 Å². The van der Waals surface area contributed by atoms with Crippen molar-refractivity contribution >= 4 is 5.91 Å². The van der Waals surface area contributed by atoms with E-state index < -0.39 is 18.5 Å². The zero-order valence-electron chi connectivity index (χ0n) is 8.80. The van der Waals surface area contributed by atoms with Crippen LogP contribution in [0.3, 0.4) is 0 Å². The molecule has 0 saturated carbocycles. The summed E-state index contributed by atoms with van der Waals surface area (Å²) in [5, 5.41) is 2.33. The average molecular weight is 248 g/mol. The minimum atomic E-state index is -4.21. The molecule has 0 fully saturated rings. The van der Waals surface area contributed by atoms with Crippen molar-refractivity contribution < 1.29 is 18.0 Å². The van der Waals surface area contributed by atoms with Crippen molar-refractivity contribution in [2.45, 2.75) is 19.0 Å². The Labute approximate surface area is 94.8 Å². The number of halogens is 3. The maximum atomic E-state index is 11.8. The van der Waals surface area contributed by atoms with Gasteiger partial charge < -0.3 is 10.3 Å². The fourth-order valence-electron chi connectivity index (χ4n) is 1.14. The van der Waals surface area contributed by atoms with Gasteiger partial charge in [0.2, 0.25) is 5.56 Å². The SMILES string of the molecule is O=C(NCCCC(F)(F)F)c1ccc(=O)[nH]c1. The first-order valence-corrected chi connectivity index (χ1v) is 4.92. The van der Waals surface area contributed by atoms with Crippen molar-refractivity contribution in [1.82, 2.24) is 10.3 Å². The highest BCUT2D eigenvalue weighted by molar-refractivity contribution is 5.93. The van der Waals surface area contributed by atoms with Crippen LogP contribution in [0.25, 0.3) is 0 Å². The quantitative estimate of drug-likeness (QED) is 0.792. The van der Waals surface area contributed by atoms with E-state index in [0.29, 0.717) is 0 Å². The zero-order valence-corrected chi connectivity index (χ0v) is 8.80. The van der Waals surface area contributed by atoms with Gasteiger partial charge >= 0.3 is 6.18 Å². The number of nitrogens with one attached hydrogen (secondary N) is 2. The van der Waals surface area contributed by atoms with E-state index in [0.717, 1.165) is 0 Å². The second-order valence-corrected chi connectivity index (χ2v) is 3.42. The van der Waals surface area contributed by atoms with Gasteiger partial charge in [-0.2, -0.15) is 13.2 Å². The molecule has 0 atom stereocenters. The molecule has 4 nitrogen and oxygen atoms in total. The Bertz CT molecular complexity index is 419. The Kier molecular flexibility index (Phi) is 4.30. The van der Waals surface area contributed by atoms with Gasteiger partial charge in [-0.25, -0.2) is 0 Å². The first kappa shape index (κ1) is 13.3. The summed E-state index contributed by atoms with van der Waals surface area (Å²) in [6, 6.07) is 2.47. The minimum absolute atomic E-state index is 0.0581. The van der Waals surface area contributed by atoms with Crippen molar-refractivity contribution in [2.24, 2.45) is 0 Å². The average Bonchev–Trinajstić information content (AvgIpc) is 2.24. The molecule has 0 aliphatic heterocycles. The molecule has 94 valence electrons. The monoisotopic (exact) mass is 248 g/mol. The van der Waals surface area contributed by atoms with E-state index in [-0.39, 0.29) is 24.1 Å². The number of aromatic nitrogens is 1. The number of carbonyl (C=O) groups is 1. The fraction of sp³-hybridized carbons (Fsp3) is 0.400. The lowest BCUT2D eigenvalue weighted by molar-refractivity contribution is -0.135. The summed E-state index contributed by atoms with van der Waals surface area (Å²) in [6.07, 6.45) is -4.10. The van der Waals surface area contributed by atoms with Gasteiger partial charge in [0.15, 0.2) is 0 Å². The summed E-state index contributed by atoms with van der Waals surface area (Å²) in [4.78, 5) is 24.4. The molecule has 0 aliphatic carbocycles. The van der Waals surface area contributed by atoms with Crippen LogP contribution in [0.1, 0.15) is 23.2 Å². The molecular weight excluding hydrogens is 237 g/mol. The van der Waals surface area contributed by atoms with Crippen LogP contribution in [0.2, 0.25) is 0 Å². The Morgan fingerprint density at radius 2 is 2.06 bits per heavy atom. The highest BCUT2D eigenvalue weighted by Crippen LogP contribution is 2.20. The molecule has 1 heterocycles. The minimum Gasteiger partial charge on any atom is -0.352 e. The van der Waals surface area contributed by atoms with Crippen molar-refractivity contribution in [3.63, 3.8) is 0 Å². The van der Waals surface area contributed by atoms with Crippen molar-refractivity contribution in [1.29, 1.82) is 0 Å². The van der Waals surface area contributed by atoms with Gasteiger partial charge in [-0.15, -0.1) is 0 Å². The number of H-pyrrole nitrogens is 1. The smallest absolute Gasteiger partial charge is 0.352 e. The Morgan fingerprint density at radius 3 is 2.59 bits per heavy atom. The Morgan fingerprint density at radius 1 is 1.35 bits per heavy atom. The molecular formula is C10H11F3N2O2. The normalized spacial score (nSPS) is 11.2. The van der Waals surface area contributed by atoms with Crippen LogP contribution >= 0.6 is 0 Å². The molecule has 0 radical (unpaired) electrons. The fourth-order valence-corrected chi connectivity index (χ4v) is 1.14. The standard InChI is InChI=1S/C10H11F3N2O2/c11-10(12,13)4-1-5-14-9(17)7-2-3-8(16)15-6-7/h2-3,6H,1,4-5H2,(H,14,17)(H,15,16). The predicted octanol–water partition coefficient (Wildman–Crippen LogP) is 1.45. The molecule has 0 bridgehead atoms. The first-order valence-electron chi connectivity index (χ1n) is 4.92. The molecule has 0 saturated heterocycles. The third kappa shape index (κ3) is 5.19. The number of aromatic amines is 1. The molecule has 1 amide bonds. The van der Waals surface area contributed by atoms with Crippen LogP contribution in [0, 0.1) is 0 Å². The summed E-state index contributed by atoms with van der Waals surface area (Å²) in [5.41, 5.74) is -0.143. The summed E-state index contributed by atoms with van der Waals surface area (Å²) < 4.78 is 35.4. The number of rotatable bonds is 4. The molecule has 2 N–H and O–H groups in total. The second-order valence-electron chi connectivity index (χ2n) is 3.42. The van der Waals surface area contributed by atoms with Gasteiger partial charge in [0.25, 0.3) is 5.91 Å². The van der Waals surface area contributed by atoms with E-state index in [1.807, 2.05) is 0 Å². The molecule has 7 heteroatoms. The highest BCUT2D eigenvalue weighted by atomic mass is 19.4. The topological polar surface area (TPSA) is 62.0 Å². The lowest BCUT2D eigenvalue weighted by Gasteiger charge is -2.07. The number of carbonyl (C=O) groups excluding carboxylic acids is 1. The molecule has 17 heavy (non-hydrogen) atoms. The van der Waals surface area contributed by atoms with Crippen LogP contribution in [-0.4, -0.2) is 23.6 Å². The molecule has 1 rings (SSSR count). The van der Waals surface area contributed by atoms with Crippen LogP contribution in [0.4, 0.5) is 13.2 Å². The highest BCUT2D eigenvalue weighted by Gasteiger charge is 2.25. The van der Waals surface area contributed by atoms with Crippen molar-refractivity contribution in [3.8, 4) is 0 Å². The van der Waals surface area contributed by atoms with Crippen molar-refractivity contribution in [3.05, 3.63) is 34.2 Å². The molecule has 1 aromatic heterocycles. The third-order valence-electron chi connectivity index (χ3n) is 1.97. The van der Waals surface area contributed by atoms with Gasteiger partial charge in [-0.1, -0.05) is 0 Å². The summed E-state index contributed by atoms with van der Waals surface area (Å²) in [7, 11) is 0. The second kappa shape index (κ2) is 5.51. The summed E-state index contributed by atoms with van der Waals surface area (Å²) >= 11 is 0. The number of alkyl halides is 3. The van der Waals surface area contributed by atoms with E-state index in [2.05, 4.69) is 10.3 Å². The Balaban J connectivity index is 2.35.